The third kappa shape index (κ3) is 8.46. The van der Waals surface area contributed by atoms with Crippen molar-refractivity contribution in [2.24, 2.45) is 5.73 Å². The van der Waals surface area contributed by atoms with Gasteiger partial charge in [0.25, 0.3) is 0 Å². The molecule has 1 fully saturated rings. The number of rotatable bonds is 9. The standard InChI is InChI=1S/C21H27N3O2.C7H11NS/c1-2-21(26)24(19-7-5-12-22-16-19)18-10-14-23(15-11-18)13-9-17-6-3-4-8-20(17)25;8-5-1-3-7-4-2-6-9-7/h3-8,12,16,18,25H,2,9-11,13-15H2,1H3;2,4,6H,1,3,5,8H2. The number of aromatic hydroxyl groups is 1. The lowest BCUT2D eigenvalue weighted by Crippen LogP contribution is -2.48. The van der Waals surface area contributed by atoms with E-state index in [2.05, 4.69) is 27.4 Å². The molecule has 35 heavy (non-hydrogen) atoms. The molecule has 3 heterocycles. The van der Waals surface area contributed by atoms with Gasteiger partial charge in [-0.05, 0) is 73.9 Å². The van der Waals surface area contributed by atoms with Gasteiger partial charge in [0.05, 0.1) is 11.9 Å². The number of nitrogens with zero attached hydrogens (tertiary/aromatic N) is 3. The summed E-state index contributed by atoms with van der Waals surface area (Å²) in [5, 5.41) is 12.0. The highest BCUT2D eigenvalue weighted by molar-refractivity contribution is 7.09. The minimum Gasteiger partial charge on any atom is -0.508 e. The first-order valence-electron chi connectivity index (χ1n) is 12.6. The first-order valence-corrected chi connectivity index (χ1v) is 13.4. The Kier molecular flexibility index (Phi) is 11.2. The smallest absolute Gasteiger partial charge is 0.227 e. The zero-order chi connectivity index (χ0) is 24.9. The number of likely N-dealkylation sites (tertiary alicyclic amines) is 1. The van der Waals surface area contributed by atoms with Crippen LogP contribution in [0, 0.1) is 0 Å². The van der Waals surface area contributed by atoms with Gasteiger partial charge in [-0.1, -0.05) is 31.2 Å². The molecule has 6 nitrogen and oxygen atoms in total. The Morgan fingerprint density at radius 3 is 2.57 bits per heavy atom. The third-order valence-electron chi connectivity index (χ3n) is 6.31. The second-order valence-corrected chi connectivity index (χ2v) is 9.78. The highest BCUT2D eigenvalue weighted by Gasteiger charge is 2.28. The molecule has 0 unspecified atom stereocenters. The summed E-state index contributed by atoms with van der Waals surface area (Å²) in [6, 6.07) is 15.8. The number of phenolic OH excluding ortho intramolecular Hbond substituents is 1. The molecule has 188 valence electrons. The predicted molar refractivity (Wildman–Crippen MR) is 145 cm³/mol. The average molecular weight is 495 g/mol. The molecule has 0 aliphatic carbocycles. The molecular formula is C28H38N4O2S. The van der Waals surface area contributed by atoms with Crippen molar-refractivity contribution < 1.29 is 9.90 Å². The second-order valence-electron chi connectivity index (χ2n) is 8.75. The van der Waals surface area contributed by atoms with E-state index in [4.69, 9.17) is 5.73 Å². The maximum atomic E-state index is 12.5. The number of carbonyl (C=O) groups excluding carboxylic acids is 1. The highest BCUT2D eigenvalue weighted by Crippen LogP contribution is 2.24. The molecule has 7 heteroatoms. The van der Waals surface area contributed by atoms with Crippen molar-refractivity contribution in [3.8, 4) is 5.75 Å². The number of hydrogen-bond donors (Lipinski definition) is 2. The number of nitrogens with two attached hydrogens (primary N) is 1. The van der Waals surface area contributed by atoms with Crippen LogP contribution in [0.15, 0.2) is 66.3 Å². The first kappa shape index (κ1) is 26.9. The Bertz CT molecular complexity index is 989. The van der Waals surface area contributed by atoms with Crippen LogP contribution in [0.4, 0.5) is 5.69 Å². The van der Waals surface area contributed by atoms with E-state index in [1.165, 1.54) is 4.88 Å². The molecule has 0 bridgehead atoms. The van der Waals surface area contributed by atoms with E-state index in [-0.39, 0.29) is 11.9 Å². The van der Waals surface area contributed by atoms with Gasteiger partial charge in [0.2, 0.25) is 5.91 Å². The highest BCUT2D eigenvalue weighted by atomic mass is 32.1. The zero-order valence-corrected chi connectivity index (χ0v) is 21.5. The van der Waals surface area contributed by atoms with Gasteiger partial charge in [0, 0.05) is 43.2 Å². The monoisotopic (exact) mass is 494 g/mol. The van der Waals surface area contributed by atoms with Gasteiger partial charge < -0.3 is 20.6 Å². The maximum absolute atomic E-state index is 12.5. The fourth-order valence-corrected chi connectivity index (χ4v) is 5.11. The van der Waals surface area contributed by atoms with Gasteiger partial charge >= 0.3 is 0 Å². The number of pyridine rings is 1. The topological polar surface area (TPSA) is 82.7 Å². The van der Waals surface area contributed by atoms with Gasteiger partial charge in [-0.3, -0.25) is 9.78 Å². The zero-order valence-electron chi connectivity index (χ0n) is 20.7. The van der Waals surface area contributed by atoms with E-state index in [1.807, 2.05) is 53.5 Å². The molecule has 2 aromatic heterocycles. The number of para-hydroxylation sites is 1. The molecule has 3 aromatic rings. The molecule has 0 saturated carbocycles. The summed E-state index contributed by atoms with van der Waals surface area (Å²) in [6.45, 7) is 5.57. The molecule has 1 aliphatic rings. The fraction of sp³-hybridized carbons (Fsp3) is 0.429. The Hall–Kier alpha value is -2.74. The van der Waals surface area contributed by atoms with Crippen molar-refractivity contribution in [1.29, 1.82) is 0 Å². The Morgan fingerprint density at radius 1 is 1.14 bits per heavy atom. The lowest BCUT2D eigenvalue weighted by atomic mass is 10.0. The molecule has 0 spiro atoms. The van der Waals surface area contributed by atoms with Crippen LogP contribution in [0.2, 0.25) is 0 Å². The summed E-state index contributed by atoms with van der Waals surface area (Å²) in [6.07, 6.45) is 9.04. The molecule has 1 aromatic carbocycles. The van der Waals surface area contributed by atoms with E-state index < -0.39 is 0 Å². The second kappa shape index (κ2) is 14.6. The van der Waals surface area contributed by atoms with Crippen LogP contribution in [0.25, 0.3) is 0 Å². The quantitative estimate of drug-likeness (QED) is 0.443. The van der Waals surface area contributed by atoms with Crippen LogP contribution in [-0.4, -0.2) is 53.1 Å². The van der Waals surface area contributed by atoms with Crippen LogP contribution in [-0.2, 0) is 17.6 Å². The Morgan fingerprint density at radius 2 is 1.94 bits per heavy atom. The van der Waals surface area contributed by atoms with E-state index >= 15 is 0 Å². The van der Waals surface area contributed by atoms with E-state index in [9.17, 15) is 9.90 Å². The molecule has 0 atom stereocenters. The number of aromatic nitrogens is 1. The number of anilines is 1. The number of aryl methyl sites for hydroxylation is 1. The van der Waals surface area contributed by atoms with Crippen molar-refractivity contribution in [2.45, 2.75) is 51.5 Å². The first-order chi connectivity index (χ1) is 17.1. The van der Waals surface area contributed by atoms with Crippen molar-refractivity contribution in [1.82, 2.24) is 9.88 Å². The number of amides is 1. The van der Waals surface area contributed by atoms with Crippen LogP contribution in [0.1, 0.15) is 43.0 Å². The molecule has 3 N–H and O–H groups in total. The Balaban J connectivity index is 0.000000320. The summed E-state index contributed by atoms with van der Waals surface area (Å²) in [7, 11) is 0. The van der Waals surface area contributed by atoms with E-state index in [0.29, 0.717) is 12.2 Å². The summed E-state index contributed by atoms with van der Waals surface area (Å²) in [4.78, 5) is 22.5. The fourth-order valence-electron chi connectivity index (χ4n) is 4.36. The summed E-state index contributed by atoms with van der Waals surface area (Å²) in [5.74, 6) is 0.532. The SMILES string of the molecule is CCC(=O)N(c1cccnc1)C1CCN(CCc2ccccc2O)CC1.NCCCc1cccs1. The molecule has 1 aliphatic heterocycles. The summed E-state index contributed by atoms with van der Waals surface area (Å²) >= 11 is 1.81. The van der Waals surface area contributed by atoms with Crippen molar-refractivity contribution in [2.75, 3.05) is 31.1 Å². The van der Waals surface area contributed by atoms with E-state index in [0.717, 1.165) is 69.5 Å². The summed E-state index contributed by atoms with van der Waals surface area (Å²) in [5.41, 5.74) is 7.24. The van der Waals surface area contributed by atoms with Crippen LogP contribution >= 0.6 is 11.3 Å². The van der Waals surface area contributed by atoms with Gasteiger partial charge in [0.1, 0.15) is 5.75 Å². The Labute approximate surface area is 213 Å². The van der Waals surface area contributed by atoms with Crippen molar-refractivity contribution in [3.05, 3.63) is 76.7 Å². The van der Waals surface area contributed by atoms with Gasteiger partial charge in [-0.2, -0.15) is 0 Å². The molecule has 1 amide bonds. The maximum Gasteiger partial charge on any atom is 0.227 e. The van der Waals surface area contributed by atoms with Crippen LogP contribution in [0.3, 0.4) is 0 Å². The number of carbonyl (C=O) groups is 1. The lowest BCUT2D eigenvalue weighted by molar-refractivity contribution is -0.119. The van der Waals surface area contributed by atoms with Crippen LogP contribution < -0.4 is 10.6 Å². The summed E-state index contributed by atoms with van der Waals surface area (Å²) < 4.78 is 0. The molecular weight excluding hydrogens is 456 g/mol. The van der Waals surface area contributed by atoms with Gasteiger partial charge in [-0.25, -0.2) is 0 Å². The average Bonchev–Trinajstić information content (AvgIpc) is 3.42. The van der Waals surface area contributed by atoms with Gasteiger partial charge in [-0.15, -0.1) is 11.3 Å². The minimum atomic E-state index is 0.158. The van der Waals surface area contributed by atoms with Crippen molar-refractivity contribution in [3.63, 3.8) is 0 Å². The molecule has 1 saturated heterocycles. The lowest BCUT2D eigenvalue weighted by Gasteiger charge is -2.38. The number of benzene rings is 1. The number of thiophene rings is 1. The molecule has 4 rings (SSSR count). The normalized spacial score (nSPS) is 14.2. The predicted octanol–water partition coefficient (Wildman–Crippen LogP) is 4.88. The third-order valence-corrected chi connectivity index (χ3v) is 7.25. The number of hydrogen-bond acceptors (Lipinski definition) is 6. The number of piperidine rings is 1. The number of phenols is 1. The molecule has 0 radical (unpaired) electrons. The van der Waals surface area contributed by atoms with Gasteiger partial charge in [0.15, 0.2) is 0 Å². The van der Waals surface area contributed by atoms with Crippen molar-refractivity contribution >= 4 is 22.9 Å². The minimum absolute atomic E-state index is 0.158. The van der Waals surface area contributed by atoms with E-state index in [1.54, 1.807) is 18.5 Å². The van der Waals surface area contributed by atoms with Crippen LogP contribution in [0.5, 0.6) is 5.75 Å². The largest absolute Gasteiger partial charge is 0.508 e.